The number of carboxylic acid groups (broad SMARTS) is 1. The molecule has 1 aliphatic heterocycles. The van der Waals surface area contributed by atoms with Crippen LogP contribution in [0.3, 0.4) is 0 Å². The number of hydrogen-bond donors (Lipinski definition) is 1. The summed E-state index contributed by atoms with van der Waals surface area (Å²) in [6, 6.07) is -0.277. The average molecular weight is 228 g/mol. The minimum absolute atomic E-state index is 0.277. The second kappa shape index (κ2) is 6.21. The molecule has 1 saturated heterocycles. The minimum atomic E-state index is -0.673. The Kier molecular flexibility index (Phi) is 5.22. The predicted molar refractivity (Wildman–Crippen MR) is 64.6 cm³/mol. The highest BCUT2D eigenvalue weighted by molar-refractivity contribution is 5.73. The van der Waals surface area contributed by atoms with Crippen LogP contribution in [0.4, 0.5) is 0 Å². The van der Waals surface area contributed by atoms with E-state index in [1.54, 1.807) is 0 Å². The van der Waals surface area contributed by atoms with E-state index < -0.39 is 5.97 Å². The third-order valence-corrected chi connectivity index (χ3v) is 3.39. The molecule has 4 nitrogen and oxygen atoms in total. The first-order valence-corrected chi connectivity index (χ1v) is 6.16. The van der Waals surface area contributed by atoms with Crippen LogP contribution in [0.15, 0.2) is 0 Å². The Bertz CT molecular complexity index is 223. The summed E-state index contributed by atoms with van der Waals surface area (Å²) in [5.41, 5.74) is 0. The summed E-state index contributed by atoms with van der Waals surface area (Å²) in [5, 5.41) is 9.09. The molecule has 0 radical (unpaired) electrons. The van der Waals surface area contributed by atoms with Crippen LogP contribution < -0.4 is 0 Å². The van der Waals surface area contributed by atoms with E-state index in [9.17, 15) is 4.79 Å². The highest BCUT2D eigenvalue weighted by Gasteiger charge is 2.28. The van der Waals surface area contributed by atoms with Crippen LogP contribution in [-0.4, -0.2) is 60.6 Å². The number of carbonyl (C=O) groups is 1. The van der Waals surface area contributed by atoms with Crippen molar-refractivity contribution in [2.24, 2.45) is 5.92 Å². The zero-order chi connectivity index (χ0) is 12.1. The Hall–Kier alpha value is -0.610. The molecule has 0 aromatic rings. The van der Waals surface area contributed by atoms with Crippen molar-refractivity contribution in [2.45, 2.75) is 32.2 Å². The lowest BCUT2D eigenvalue weighted by Gasteiger charge is -2.36. The van der Waals surface area contributed by atoms with Gasteiger partial charge in [0.15, 0.2) is 0 Å². The van der Waals surface area contributed by atoms with E-state index >= 15 is 0 Å². The topological polar surface area (TPSA) is 43.8 Å². The van der Waals surface area contributed by atoms with Crippen molar-refractivity contribution in [3.63, 3.8) is 0 Å². The van der Waals surface area contributed by atoms with Crippen LogP contribution in [0.25, 0.3) is 0 Å². The van der Waals surface area contributed by atoms with Crippen LogP contribution >= 0.6 is 0 Å². The van der Waals surface area contributed by atoms with Crippen LogP contribution in [0, 0.1) is 5.92 Å². The lowest BCUT2D eigenvalue weighted by atomic mass is 9.95. The third kappa shape index (κ3) is 3.76. The number of rotatable bonds is 5. The van der Waals surface area contributed by atoms with Crippen LogP contribution in [0.2, 0.25) is 0 Å². The first-order valence-electron chi connectivity index (χ1n) is 6.16. The van der Waals surface area contributed by atoms with Crippen LogP contribution in [0.5, 0.6) is 0 Å². The standard InChI is InChI=1S/C12H24N2O2/c1-4-11(12(15)16)14-7-5-10(6-8-14)9-13(2)3/h10-11H,4-9H2,1-3H3,(H,15,16). The van der Waals surface area contributed by atoms with E-state index in [1.807, 2.05) is 6.92 Å². The van der Waals surface area contributed by atoms with Crippen molar-refractivity contribution in [1.29, 1.82) is 0 Å². The molecule has 1 N–H and O–H groups in total. The van der Waals surface area contributed by atoms with E-state index in [-0.39, 0.29) is 6.04 Å². The summed E-state index contributed by atoms with van der Waals surface area (Å²) >= 11 is 0. The zero-order valence-electron chi connectivity index (χ0n) is 10.6. The molecule has 1 atom stereocenters. The SMILES string of the molecule is CCC(C(=O)O)N1CCC(CN(C)C)CC1. The van der Waals surface area contributed by atoms with Crippen molar-refractivity contribution < 1.29 is 9.90 Å². The normalized spacial score (nSPS) is 21.2. The first-order chi connectivity index (χ1) is 7.54. The zero-order valence-corrected chi connectivity index (χ0v) is 10.6. The lowest BCUT2D eigenvalue weighted by molar-refractivity contribution is -0.144. The second-order valence-electron chi connectivity index (χ2n) is 5.00. The fourth-order valence-electron chi connectivity index (χ4n) is 2.55. The molecule has 1 fully saturated rings. The maximum Gasteiger partial charge on any atom is 0.320 e. The van der Waals surface area contributed by atoms with Gasteiger partial charge in [-0.1, -0.05) is 6.92 Å². The molecule has 0 aliphatic carbocycles. The molecule has 4 heteroatoms. The van der Waals surface area contributed by atoms with Gasteiger partial charge < -0.3 is 10.0 Å². The second-order valence-corrected chi connectivity index (χ2v) is 5.00. The molecule has 1 heterocycles. The first kappa shape index (κ1) is 13.5. The van der Waals surface area contributed by atoms with Gasteiger partial charge in [-0.05, 0) is 52.4 Å². The summed E-state index contributed by atoms with van der Waals surface area (Å²) in [6.45, 7) is 4.94. The van der Waals surface area contributed by atoms with E-state index in [2.05, 4.69) is 23.9 Å². The highest BCUT2D eigenvalue weighted by atomic mass is 16.4. The van der Waals surface area contributed by atoms with E-state index in [1.165, 1.54) is 0 Å². The molecule has 1 rings (SSSR count). The number of nitrogens with zero attached hydrogens (tertiary/aromatic N) is 2. The van der Waals surface area contributed by atoms with Crippen molar-refractivity contribution >= 4 is 5.97 Å². The number of likely N-dealkylation sites (tertiary alicyclic amines) is 1. The van der Waals surface area contributed by atoms with Gasteiger partial charge in [0, 0.05) is 6.54 Å². The van der Waals surface area contributed by atoms with Gasteiger partial charge >= 0.3 is 5.97 Å². The Morgan fingerprint density at radius 3 is 2.38 bits per heavy atom. The summed E-state index contributed by atoms with van der Waals surface area (Å²) in [7, 11) is 4.19. The number of hydrogen-bond acceptors (Lipinski definition) is 3. The van der Waals surface area contributed by atoms with E-state index in [0.717, 1.165) is 38.4 Å². The summed E-state index contributed by atoms with van der Waals surface area (Å²) in [6.07, 6.45) is 2.96. The third-order valence-electron chi connectivity index (χ3n) is 3.39. The predicted octanol–water partition coefficient (Wildman–Crippen LogP) is 1.12. The smallest absolute Gasteiger partial charge is 0.320 e. The molecule has 16 heavy (non-hydrogen) atoms. The molecule has 0 saturated carbocycles. The summed E-state index contributed by atoms with van der Waals surface area (Å²) in [4.78, 5) is 15.4. The number of piperidine rings is 1. The Labute approximate surface area is 98.2 Å². The van der Waals surface area contributed by atoms with Gasteiger partial charge in [-0.15, -0.1) is 0 Å². The van der Waals surface area contributed by atoms with Gasteiger partial charge in [-0.2, -0.15) is 0 Å². The molecule has 0 aromatic heterocycles. The average Bonchev–Trinajstić information content (AvgIpc) is 2.20. The molecule has 0 aromatic carbocycles. The van der Waals surface area contributed by atoms with Gasteiger partial charge in [0.2, 0.25) is 0 Å². The van der Waals surface area contributed by atoms with Gasteiger partial charge in [0.1, 0.15) is 6.04 Å². The van der Waals surface area contributed by atoms with Gasteiger partial charge in [-0.3, -0.25) is 9.69 Å². The fraction of sp³-hybridized carbons (Fsp3) is 0.917. The molecule has 1 unspecified atom stereocenters. The lowest BCUT2D eigenvalue weighted by Crippen LogP contribution is -2.46. The number of carboxylic acids is 1. The van der Waals surface area contributed by atoms with Gasteiger partial charge in [0.05, 0.1) is 0 Å². The molecule has 0 bridgehead atoms. The van der Waals surface area contributed by atoms with Gasteiger partial charge in [0.25, 0.3) is 0 Å². The van der Waals surface area contributed by atoms with Gasteiger partial charge in [-0.25, -0.2) is 0 Å². The van der Waals surface area contributed by atoms with E-state index in [4.69, 9.17) is 5.11 Å². The Morgan fingerprint density at radius 1 is 1.44 bits per heavy atom. The van der Waals surface area contributed by atoms with Crippen molar-refractivity contribution in [2.75, 3.05) is 33.7 Å². The number of aliphatic carboxylic acids is 1. The van der Waals surface area contributed by atoms with Crippen molar-refractivity contribution in [3.8, 4) is 0 Å². The summed E-state index contributed by atoms with van der Waals surface area (Å²) in [5.74, 6) is 0.0612. The Balaban J connectivity index is 2.38. The largest absolute Gasteiger partial charge is 0.480 e. The molecule has 94 valence electrons. The molecular weight excluding hydrogens is 204 g/mol. The Morgan fingerprint density at radius 2 is 2.00 bits per heavy atom. The molecule has 0 spiro atoms. The van der Waals surface area contributed by atoms with Crippen molar-refractivity contribution in [3.05, 3.63) is 0 Å². The molecule has 0 amide bonds. The van der Waals surface area contributed by atoms with Crippen LogP contribution in [-0.2, 0) is 4.79 Å². The van der Waals surface area contributed by atoms with Crippen molar-refractivity contribution in [1.82, 2.24) is 9.80 Å². The quantitative estimate of drug-likeness (QED) is 0.766. The minimum Gasteiger partial charge on any atom is -0.480 e. The van der Waals surface area contributed by atoms with E-state index in [0.29, 0.717) is 6.42 Å². The monoisotopic (exact) mass is 228 g/mol. The summed E-state index contributed by atoms with van der Waals surface area (Å²) < 4.78 is 0. The highest BCUT2D eigenvalue weighted by Crippen LogP contribution is 2.20. The maximum atomic E-state index is 11.0. The molecule has 1 aliphatic rings. The molecular formula is C12H24N2O2. The fourth-order valence-corrected chi connectivity index (χ4v) is 2.55. The maximum absolute atomic E-state index is 11.0. The van der Waals surface area contributed by atoms with Crippen LogP contribution in [0.1, 0.15) is 26.2 Å².